The topological polar surface area (TPSA) is 78.9 Å². The van der Waals surface area contributed by atoms with E-state index in [-0.39, 0.29) is 37.5 Å². The second kappa shape index (κ2) is 63.3. The summed E-state index contributed by atoms with van der Waals surface area (Å²) >= 11 is 0. The van der Waals surface area contributed by atoms with Crippen LogP contribution >= 0.6 is 0 Å². The average molecular weight is 1060 g/mol. The molecule has 6 nitrogen and oxygen atoms in total. The molecule has 0 aromatic rings. The summed E-state index contributed by atoms with van der Waals surface area (Å²) in [5.41, 5.74) is 0. The van der Waals surface area contributed by atoms with Gasteiger partial charge in [-0.1, -0.05) is 242 Å². The summed E-state index contributed by atoms with van der Waals surface area (Å²) in [6.45, 7) is 6.23. The van der Waals surface area contributed by atoms with Gasteiger partial charge in [-0.15, -0.1) is 0 Å². The van der Waals surface area contributed by atoms with Crippen LogP contribution in [0.15, 0.2) is 170 Å². The highest BCUT2D eigenvalue weighted by Gasteiger charge is 2.19. The highest BCUT2D eigenvalue weighted by molar-refractivity contribution is 5.71. The summed E-state index contributed by atoms with van der Waals surface area (Å²) in [5, 5.41) is 0. The molecule has 77 heavy (non-hydrogen) atoms. The molecule has 1 atom stereocenters. The van der Waals surface area contributed by atoms with Crippen LogP contribution in [0.3, 0.4) is 0 Å². The van der Waals surface area contributed by atoms with Gasteiger partial charge in [0.15, 0.2) is 6.10 Å². The number of unbranched alkanes of at least 4 members (excludes halogenated alkanes) is 14. The van der Waals surface area contributed by atoms with E-state index in [1.54, 1.807) is 0 Å². The Kier molecular flexibility index (Phi) is 59.0. The van der Waals surface area contributed by atoms with Crippen LogP contribution in [-0.4, -0.2) is 37.2 Å². The molecule has 1 unspecified atom stereocenters. The first-order valence-electron chi connectivity index (χ1n) is 30.6. The first-order chi connectivity index (χ1) is 38.0. The van der Waals surface area contributed by atoms with Gasteiger partial charge in [0.2, 0.25) is 0 Å². The number of rotatable bonds is 53. The molecule has 0 radical (unpaired) electrons. The van der Waals surface area contributed by atoms with Crippen molar-refractivity contribution in [2.45, 2.75) is 245 Å². The van der Waals surface area contributed by atoms with Gasteiger partial charge in [0.1, 0.15) is 13.2 Å². The number of allylic oxidation sites excluding steroid dienone is 28. The molecule has 0 amide bonds. The Morgan fingerprint density at radius 3 is 0.740 bits per heavy atom. The van der Waals surface area contributed by atoms with Gasteiger partial charge in [-0.3, -0.25) is 14.4 Å². The minimum atomic E-state index is -0.822. The van der Waals surface area contributed by atoms with Crippen molar-refractivity contribution < 1.29 is 28.6 Å². The summed E-state index contributed by atoms with van der Waals surface area (Å²) in [5.74, 6) is -0.988. The maximum absolute atomic E-state index is 12.9. The summed E-state index contributed by atoms with van der Waals surface area (Å²) < 4.78 is 16.9. The zero-order chi connectivity index (χ0) is 55.7. The van der Waals surface area contributed by atoms with E-state index in [1.807, 2.05) is 0 Å². The van der Waals surface area contributed by atoms with Gasteiger partial charge < -0.3 is 14.2 Å². The van der Waals surface area contributed by atoms with E-state index in [0.717, 1.165) is 167 Å². The standard InChI is InChI=1S/C71H110O6/c1-4-7-10-13-16-19-22-25-28-31-33-34-35-36-38-40-43-46-49-52-55-58-61-64-70(73)76-67-68(66-75-69(72)63-60-57-54-51-48-45-42-39-30-27-24-21-18-15-12-9-6-3)77-71(74)65-62-59-56-53-50-47-44-41-37-32-29-26-23-20-17-14-11-8-5-2/h7-12,16-21,25-30,33-34,36-38,41-42,45,47,50,68H,4-6,13-15,22-24,31-32,35,39-40,43-44,46,48-49,51-67H2,1-3H3/b10-7-,11-8-,12-9-,19-16-,20-17-,21-18-,28-25-,29-26-,30-27-,34-33-,38-36-,41-37-,45-42-,50-47-. The molecule has 0 fully saturated rings. The lowest BCUT2D eigenvalue weighted by atomic mass is 10.1. The van der Waals surface area contributed by atoms with E-state index in [0.29, 0.717) is 19.3 Å². The van der Waals surface area contributed by atoms with Crippen LogP contribution in [0, 0.1) is 0 Å². The van der Waals surface area contributed by atoms with Crippen LogP contribution < -0.4 is 0 Å². The number of esters is 3. The van der Waals surface area contributed by atoms with Gasteiger partial charge in [-0.05, 0) is 148 Å². The molecule has 0 aliphatic heterocycles. The molecule has 0 aromatic heterocycles. The third-order valence-electron chi connectivity index (χ3n) is 12.2. The second-order valence-corrected chi connectivity index (χ2v) is 19.5. The summed E-state index contributed by atoms with van der Waals surface area (Å²) in [6.07, 6.45) is 93.4. The lowest BCUT2D eigenvalue weighted by Gasteiger charge is -2.18. The SMILES string of the molecule is CC/C=C\C/C=C\C/C=C\C/C=C\C/C=C\CCCCCCCCCC(=O)OCC(COC(=O)CCCCCC/C=C\C/C=C\C/C=C\C/C=C\CC)OC(=O)CCCCC/C=C\C/C=C\C/C=C\C/C=C\C/C=C\CC. The molecule has 430 valence electrons. The molecule has 0 N–H and O–H groups in total. The quantitative estimate of drug-likeness (QED) is 0.0261. The molecule has 0 aliphatic carbocycles. The second-order valence-electron chi connectivity index (χ2n) is 19.5. The Morgan fingerprint density at radius 2 is 0.468 bits per heavy atom. The van der Waals surface area contributed by atoms with Gasteiger partial charge >= 0.3 is 17.9 Å². The fourth-order valence-corrected chi connectivity index (χ4v) is 7.72. The largest absolute Gasteiger partial charge is 0.462 e. The normalized spacial score (nSPS) is 13.3. The van der Waals surface area contributed by atoms with Crippen LogP contribution in [0.4, 0.5) is 0 Å². The molecule has 0 heterocycles. The van der Waals surface area contributed by atoms with E-state index < -0.39 is 6.10 Å². The smallest absolute Gasteiger partial charge is 0.306 e. The molecular formula is C71H110O6. The lowest BCUT2D eigenvalue weighted by molar-refractivity contribution is -0.167. The molecule has 0 spiro atoms. The van der Waals surface area contributed by atoms with Crippen LogP contribution in [-0.2, 0) is 28.6 Å². The zero-order valence-electron chi connectivity index (χ0n) is 49.1. The van der Waals surface area contributed by atoms with Crippen molar-refractivity contribution in [2.24, 2.45) is 0 Å². The Hall–Kier alpha value is -5.23. The van der Waals surface area contributed by atoms with E-state index in [1.165, 1.54) is 25.7 Å². The maximum atomic E-state index is 12.9. The number of hydrogen-bond acceptors (Lipinski definition) is 6. The van der Waals surface area contributed by atoms with Crippen LogP contribution in [0.5, 0.6) is 0 Å². The number of ether oxygens (including phenoxy) is 3. The van der Waals surface area contributed by atoms with Crippen molar-refractivity contribution in [1.82, 2.24) is 0 Å². The Morgan fingerprint density at radius 1 is 0.260 bits per heavy atom. The highest BCUT2D eigenvalue weighted by atomic mass is 16.6. The first-order valence-corrected chi connectivity index (χ1v) is 30.6. The number of hydrogen-bond donors (Lipinski definition) is 0. The Bertz CT molecular complexity index is 1790. The zero-order valence-corrected chi connectivity index (χ0v) is 49.1. The van der Waals surface area contributed by atoms with Crippen molar-refractivity contribution in [3.63, 3.8) is 0 Å². The van der Waals surface area contributed by atoms with Gasteiger partial charge in [0.05, 0.1) is 0 Å². The molecule has 6 heteroatoms. The highest BCUT2D eigenvalue weighted by Crippen LogP contribution is 2.13. The van der Waals surface area contributed by atoms with Crippen LogP contribution in [0.1, 0.15) is 239 Å². The third kappa shape index (κ3) is 61.5. The summed E-state index contributed by atoms with van der Waals surface area (Å²) in [4.78, 5) is 38.3. The van der Waals surface area contributed by atoms with Crippen molar-refractivity contribution >= 4 is 17.9 Å². The Labute approximate surface area is 472 Å². The third-order valence-corrected chi connectivity index (χ3v) is 12.2. The average Bonchev–Trinajstić information content (AvgIpc) is 3.43. The van der Waals surface area contributed by atoms with Crippen molar-refractivity contribution in [3.8, 4) is 0 Å². The van der Waals surface area contributed by atoms with Crippen LogP contribution in [0.2, 0.25) is 0 Å². The molecular weight excluding hydrogens is 949 g/mol. The van der Waals surface area contributed by atoms with Gasteiger partial charge in [-0.2, -0.15) is 0 Å². The molecule has 0 rings (SSSR count). The molecule has 0 saturated carbocycles. The van der Waals surface area contributed by atoms with Gasteiger partial charge in [0.25, 0.3) is 0 Å². The lowest BCUT2D eigenvalue weighted by Crippen LogP contribution is -2.30. The fourth-order valence-electron chi connectivity index (χ4n) is 7.72. The first kappa shape index (κ1) is 71.8. The van der Waals surface area contributed by atoms with Crippen LogP contribution in [0.25, 0.3) is 0 Å². The van der Waals surface area contributed by atoms with E-state index in [4.69, 9.17) is 14.2 Å². The van der Waals surface area contributed by atoms with E-state index in [9.17, 15) is 14.4 Å². The summed E-state index contributed by atoms with van der Waals surface area (Å²) in [6, 6.07) is 0. The number of carbonyl (C=O) groups is 3. The minimum Gasteiger partial charge on any atom is -0.462 e. The van der Waals surface area contributed by atoms with Gasteiger partial charge in [-0.25, -0.2) is 0 Å². The predicted molar refractivity (Wildman–Crippen MR) is 334 cm³/mol. The fraction of sp³-hybridized carbons (Fsp3) is 0.563. The molecule has 0 aliphatic rings. The predicted octanol–water partition coefficient (Wildman–Crippen LogP) is 21.1. The molecule has 0 bridgehead atoms. The Balaban J connectivity index is 4.54. The van der Waals surface area contributed by atoms with E-state index >= 15 is 0 Å². The monoisotopic (exact) mass is 1060 g/mol. The van der Waals surface area contributed by atoms with Gasteiger partial charge in [0, 0.05) is 19.3 Å². The molecule has 0 saturated heterocycles. The van der Waals surface area contributed by atoms with E-state index in [2.05, 4.69) is 191 Å². The minimum absolute atomic E-state index is 0.114. The van der Waals surface area contributed by atoms with Crippen molar-refractivity contribution in [1.29, 1.82) is 0 Å². The molecule has 0 aromatic carbocycles. The van der Waals surface area contributed by atoms with Crippen molar-refractivity contribution in [2.75, 3.05) is 13.2 Å². The maximum Gasteiger partial charge on any atom is 0.306 e. The number of carbonyl (C=O) groups excluding carboxylic acids is 3. The summed E-state index contributed by atoms with van der Waals surface area (Å²) in [7, 11) is 0. The van der Waals surface area contributed by atoms with Crippen molar-refractivity contribution in [3.05, 3.63) is 170 Å².